The van der Waals surface area contributed by atoms with Gasteiger partial charge in [-0.15, -0.1) is 0 Å². The van der Waals surface area contributed by atoms with E-state index in [1.54, 1.807) is 17.2 Å². The van der Waals surface area contributed by atoms with Gasteiger partial charge < -0.3 is 10.2 Å². The summed E-state index contributed by atoms with van der Waals surface area (Å²) < 4.78 is 3.74. The fourth-order valence-corrected chi connectivity index (χ4v) is 4.76. The molecule has 1 aliphatic rings. The van der Waals surface area contributed by atoms with E-state index in [4.69, 9.17) is 4.98 Å². The second-order valence-electron chi connectivity index (χ2n) is 9.68. The number of aromatic nitrogens is 9. The van der Waals surface area contributed by atoms with E-state index in [9.17, 15) is 0 Å². The van der Waals surface area contributed by atoms with Gasteiger partial charge in [0, 0.05) is 43.3 Å². The van der Waals surface area contributed by atoms with Crippen molar-refractivity contribution in [2.75, 3.05) is 23.3 Å². The average molecular weight is 496 g/mol. The summed E-state index contributed by atoms with van der Waals surface area (Å²) in [6, 6.07) is 3.89. The largest absolute Gasteiger partial charge is 0.350 e. The number of nitrogens with zero attached hydrogens (tertiary/aromatic N) is 10. The van der Waals surface area contributed by atoms with Crippen LogP contribution in [0, 0.1) is 6.92 Å². The highest BCUT2D eigenvalue weighted by Gasteiger charge is 2.25. The minimum Gasteiger partial charge on any atom is -0.350 e. The number of hydrogen-bond donors (Lipinski definition) is 1. The first-order chi connectivity index (χ1) is 18.1. The van der Waals surface area contributed by atoms with E-state index in [0.717, 1.165) is 54.6 Å². The third kappa shape index (κ3) is 4.48. The van der Waals surface area contributed by atoms with Gasteiger partial charge in [0.2, 0.25) is 5.95 Å². The summed E-state index contributed by atoms with van der Waals surface area (Å²) >= 11 is 0. The lowest BCUT2D eigenvalue weighted by molar-refractivity contribution is 0.488. The Morgan fingerprint density at radius 1 is 0.919 bits per heavy atom. The van der Waals surface area contributed by atoms with E-state index in [1.807, 2.05) is 44.0 Å². The van der Waals surface area contributed by atoms with Gasteiger partial charge in [-0.1, -0.05) is 13.8 Å². The van der Waals surface area contributed by atoms with Gasteiger partial charge >= 0.3 is 0 Å². The maximum absolute atomic E-state index is 4.76. The summed E-state index contributed by atoms with van der Waals surface area (Å²) in [6.45, 7) is 8.09. The lowest BCUT2D eigenvalue weighted by Gasteiger charge is -2.31. The van der Waals surface area contributed by atoms with Crippen LogP contribution in [0.3, 0.4) is 0 Å². The van der Waals surface area contributed by atoms with Crippen molar-refractivity contribution in [1.29, 1.82) is 0 Å². The molecule has 11 nitrogen and oxygen atoms in total. The van der Waals surface area contributed by atoms with Crippen molar-refractivity contribution in [3.63, 3.8) is 0 Å². The smallest absolute Gasteiger partial charge is 0.225 e. The second-order valence-corrected chi connectivity index (χ2v) is 9.68. The van der Waals surface area contributed by atoms with Crippen LogP contribution in [-0.4, -0.2) is 57.2 Å². The van der Waals surface area contributed by atoms with Crippen LogP contribution in [0.15, 0.2) is 55.9 Å². The van der Waals surface area contributed by atoms with E-state index in [2.05, 4.69) is 58.5 Å². The molecule has 0 saturated carbocycles. The number of rotatable bonds is 6. The van der Waals surface area contributed by atoms with Crippen LogP contribution < -0.4 is 10.2 Å². The molecule has 11 heteroatoms. The van der Waals surface area contributed by atoms with Crippen molar-refractivity contribution in [3.8, 4) is 5.82 Å². The van der Waals surface area contributed by atoms with Crippen molar-refractivity contribution < 1.29 is 0 Å². The minimum absolute atomic E-state index is 0.392. The van der Waals surface area contributed by atoms with E-state index in [-0.39, 0.29) is 0 Å². The van der Waals surface area contributed by atoms with Crippen LogP contribution in [0.4, 0.5) is 17.3 Å². The molecule has 5 aromatic rings. The molecule has 1 aliphatic heterocycles. The third-order valence-electron chi connectivity index (χ3n) is 6.97. The molecule has 0 spiro atoms. The zero-order valence-corrected chi connectivity index (χ0v) is 21.2. The highest BCUT2D eigenvalue weighted by Crippen LogP contribution is 2.32. The number of nitrogens with one attached hydrogen (secondary N) is 1. The molecule has 37 heavy (non-hydrogen) atoms. The van der Waals surface area contributed by atoms with Crippen molar-refractivity contribution in [3.05, 3.63) is 72.9 Å². The Balaban J connectivity index is 1.18. The number of piperidine rings is 1. The molecule has 6 rings (SSSR count). The van der Waals surface area contributed by atoms with Crippen LogP contribution in [0.5, 0.6) is 0 Å². The van der Waals surface area contributed by atoms with Gasteiger partial charge in [0.15, 0.2) is 11.5 Å². The zero-order valence-electron chi connectivity index (χ0n) is 21.2. The molecule has 1 N–H and O–H groups in total. The number of hydrogen-bond acceptors (Lipinski definition) is 9. The minimum atomic E-state index is 0.392. The molecule has 188 valence electrons. The summed E-state index contributed by atoms with van der Waals surface area (Å²) in [5.74, 6) is 2.35. The molecule has 5 aromatic heterocycles. The van der Waals surface area contributed by atoms with Crippen LogP contribution in [-0.2, 0) is 0 Å². The van der Waals surface area contributed by atoms with Crippen molar-refractivity contribution in [2.24, 2.45) is 0 Å². The Morgan fingerprint density at radius 3 is 2.43 bits per heavy atom. The summed E-state index contributed by atoms with van der Waals surface area (Å²) in [5, 5.41) is 7.62. The molecule has 0 amide bonds. The SMILES string of the molecule is Cc1nc(-n2cncn2)ccc1Nc1cncn2c(C3CCN(c4ncc(C(C)C)cn4)CC3)cnc12. The lowest BCUT2D eigenvalue weighted by Crippen LogP contribution is -2.34. The zero-order chi connectivity index (χ0) is 25.4. The van der Waals surface area contributed by atoms with Gasteiger partial charge in [-0.25, -0.2) is 34.6 Å². The molecule has 0 aliphatic carbocycles. The molecule has 1 fully saturated rings. The van der Waals surface area contributed by atoms with E-state index >= 15 is 0 Å². The summed E-state index contributed by atoms with van der Waals surface area (Å²) in [6.07, 6.45) is 14.7. The monoisotopic (exact) mass is 495 g/mol. The van der Waals surface area contributed by atoms with Gasteiger partial charge in [-0.3, -0.25) is 4.40 Å². The summed E-state index contributed by atoms with van der Waals surface area (Å²) in [4.78, 5) is 29.4. The summed E-state index contributed by atoms with van der Waals surface area (Å²) in [5.41, 5.74) is 5.76. The summed E-state index contributed by atoms with van der Waals surface area (Å²) in [7, 11) is 0. The van der Waals surface area contributed by atoms with E-state index in [1.165, 1.54) is 17.6 Å². The number of pyridine rings is 1. The first-order valence-electron chi connectivity index (χ1n) is 12.5. The number of imidazole rings is 1. The average Bonchev–Trinajstić information content (AvgIpc) is 3.61. The lowest BCUT2D eigenvalue weighted by atomic mass is 9.94. The predicted octanol–water partition coefficient (Wildman–Crippen LogP) is 4.05. The van der Waals surface area contributed by atoms with Crippen molar-refractivity contribution in [2.45, 2.75) is 45.4 Å². The predicted molar refractivity (Wildman–Crippen MR) is 140 cm³/mol. The van der Waals surface area contributed by atoms with Crippen LogP contribution >= 0.6 is 0 Å². The first kappa shape index (κ1) is 23.0. The quantitative estimate of drug-likeness (QED) is 0.372. The van der Waals surface area contributed by atoms with Crippen molar-refractivity contribution in [1.82, 2.24) is 44.1 Å². The second kappa shape index (κ2) is 9.57. The maximum atomic E-state index is 4.76. The molecule has 0 radical (unpaired) electrons. The number of aryl methyl sites for hydroxylation is 1. The molecule has 6 heterocycles. The van der Waals surface area contributed by atoms with Crippen LogP contribution in [0.1, 0.15) is 55.5 Å². The highest BCUT2D eigenvalue weighted by atomic mass is 15.3. The van der Waals surface area contributed by atoms with Crippen LogP contribution in [0.2, 0.25) is 0 Å². The fourth-order valence-electron chi connectivity index (χ4n) is 4.76. The maximum Gasteiger partial charge on any atom is 0.225 e. The normalized spacial score (nSPS) is 14.5. The molecule has 1 saturated heterocycles. The van der Waals surface area contributed by atoms with Gasteiger partial charge in [0.05, 0.1) is 17.6 Å². The molecular weight excluding hydrogens is 466 g/mol. The molecule has 0 bridgehead atoms. The van der Waals surface area contributed by atoms with E-state index in [0.29, 0.717) is 17.7 Å². The Bertz CT molecular complexity index is 1500. The van der Waals surface area contributed by atoms with Gasteiger partial charge in [0.25, 0.3) is 0 Å². The number of fused-ring (bicyclic) bond motifs is 1. The Morgan fingerprint density at radius 2 is 1.73 bits per heavy atom. The van der Waals surface area contributed by atoms with Gasteiger partial charge in [-0.05, 0) is 43.4 Å². The fraction of sp³-hybridized carbons (Fsp3) is 0.346. The molecule has 0 atom stereocenters. The first-order valence-corrected chi connectivity index (χ1v) is 12.5. The third-order valence-corrected chi connectivity index (χ3v) is 6.97. The van der Waals surface area contributed by atoms with E-state index < -0.39 is 0 Å². The van der Waals surface area contributed by atoms with Crippen molar-refractivity contribution >= 4 is 23.0 Å². The Labute approximate surface area is 214 Å². The molecular formula is C26H29N11. The highest BCUT2D eigenvalue weighted by molar-refractivity contribution is 5.74. The van der Waals surface area contributed by atoms with Gasteiger partial charge in [0.1, 0.15) is 24.7 Å². The standard InChI is InChI=1S/C26H29N11/c1-17(2)20-10-30-26(31-11-20)35-8-6-19(7-9-35)23-13-29-25-22(12-27-15-36(23)25)34-21-4-5-24(33-18(21)3)37-16-28-14-32-37/h4-5,10-17,19,34H,6-9H2,1-3H3. The van der Waals surface area contributed by atoms with Gasteiger partial charge in [-0.2, -0.15) is 5.10 Å². The molecule has 0 aromatic carbocycles. The topological polar surface area (TPSA) is 115 Å². The van der Waals surface area contributed by atoms with Crippen LogP contribution in [0.25, 0.3) is 11.5 Å². The number of anilines is 3. The Kier molecular flexibility index (Phi) is 5.95. The Hall–Kier alpha value is -4.41. The molecule has 0 unspecified atom stereocenters.